The SMILES string of the molecule is COCC1CCN(c2ccc(C#N)c(N)c2)C1. The summed E-state index contributed by atoms with van der Waals surface area (Å²) in [7, 11) is 1.74. The molecular weight excluding hydrogens is 214 g/mol. The van der Waals surface area contributed by atoms with Gasteiger partial charge in [0.2, 0.25) is 0 Å². The molecule has 90 valence electrons. The third kappa shape index (κ3) is 2.51. The highest BCUT2D eigenvalue weighted by Gasteiger charge is 2.22. The Balaban J connectivity index is 2.09. The maximum Gasteiger partial charge on any atom is 0.101 e. The van der Waals surface area contributed by atoms with E-state index in [0.29, 0.717) is 17.2 Å². The van der Waals surface area contributed by atoms with Crippen LogP contribution < -0.4 is 10.6 Å². The molecule has 1 atom stereocenters. The van der Waals surface area contributed by atoms with Gasteiger partial charge in [-0.1, -0.05) is 0 Å². The second-order valence-corrected chi connectivity index (χ2v) is 4.44. The lowest BCUT2D eigenvalue weighted by Crippen LogP contribution is -2.21. The van der Waals surface area contributed by atoms with E-state index in [-0.39, 0.29) is 0 Å². The molecule has 2 rings (SSSR count). The van der Waals surface area contributed by atoms with Crippen molar-refractivity contribution in [1.82, 2.24) is 0 Å². The number of nitrogens with zero attached hydrogens (tertiary/aromatic N) is 2. The lowest BCUT2D eigenvalue weighted by molar-refractivity contribution is 0.161. The minimum atomic E-state index is 0.543. The highest BCUT2D eigenvalue weighted by Crippen LogP contribution is 2.26. The number of anilines is 2. The van der Waals surface area contributed by atoms with Crippen molar-refractivity contribution in [2.75, 3.05) is 37.4 Å². The molecule has 0 aromatic heterocycles. The normalized spacial score (nSPS) is 19.3. The van der Waals surface area contributed by atoms with Gasteiger partial charge in [-0.25, -0.2) is 0 Å². The fourth-order valence-corrected chi connectivity index (χ4v) is 2.29. The van der Waals surface area contributed by atoms with Crippen molar-refractivity contribution in [3.8, 4) is 6.07 Å². The molecular formula is C13H17N3O. The summed E-state index contributed by atoms with van der Waals surface area (Å²) in [5.74, 6) is 0.594. The molecule has 0 spiro atoms. The quantitative estimate of drug-likeness (QED) is 0.803. The standard InChI is InChI=1S/C13H17N3O/c1-17-9-10-4-5-16(8-10)12-3-2-11(7-14)13(15)6-12/h2-3,6,10H,4-5,8-9,15H2,1H3. The Hall–Kier alpha value is -1.73. The van der Waals surface area contributed by atoms with Crippen molar-refractivity contribution in [2.45, 2.75) is 6.42 Å². The number of benzene rings is 1. The molecule has 1 aromatic carbocycles. The van der Waals surface area contributed by atoms with Crippen LogP contribution in [0.4, 0.5) is 11.4 Å². The van der Waals surface area contributed by atoms with Crippen molar-refractivity contribution in [3.63, 3.8) is 0 Å². The minimum Gasteiger partial charge on any atom is -0.398 e. The van der Waals surface area contributed by atoms with Crippen molar-refractivity contribution >= 4 is 11.4 Å². The average Bonchev–Trinajstić information content (AvgIpc) is 2.78. The van der Waals surface area contributed by atoms with Gasteiger partial charge in [-0.3, -0.25) is 0 Å². The average molecular weight is 231 g/mol. The molecule has 0 bridgehead atoms. The van der Waals surface area contributed by atoms with Gasteiger partial charge in [-0.15, -0.1) is 0 Å². The van der Waals surface area contributed by atoms with Crippen molar-refractivity contribution in [1.29, 1.82) is 5.26 Å². The Bertz CT molecular complexity index is 439. The largest absolute Gasteiger partial charge is 0.398 e. The van der Waals surface area contributed by atoms with Crippen LogP contribution in [-0.4, -0.2) is 26.8 Å². The Morgan fingerprint density at radius 1 is 1.59 bits per heavy atom. The summed E-state index contributed by atoms with van der Waals surface area (Å²) < 4.78 is 5.18. The van der Waals surface area contributed by atoms with Gasteiger partial charge in [-0.2, -0.15) is 5.26 Å². The van der Waals surface area contributed by atoms with Gasteiger partial charge in [-0.05, 0) is 24.6 Å². The van der Waals surface area contributed by atoms with E-state index >= 15 is 0 Å². The topological polar surface area (TPSA) is 62.3 Å². The maximum atomic E-state index is 8.83. The van der Waals surface area contributed by atoms with E-state index < -0.39 is 0 Å². The van der Waals surface area contributed by atoms with Crippen LogP contribution in [0.15, 0.2) is 18.2 Å². The Morgan fingerprint density at radius 2 is 2.41 bits per heavy atom. The van der Waals surface area contributed by atoms with E-state index in [9.17, 15) is 0 Å². The highest BCUT2D eigenvalue weighted by molar-refractivity contribution is 5.63. The van der Waals surface area contributed by atoms with Crippen LogP contribution in [-0.2, 0) is 4.74 Å². The monoisotopic (exact) mass is 231 g/mol. The zero-order valence-corrected chi connectivity index (χ0v) is 10.0. The first-order chi connectivity index (χ1) is 8.24. The van der Waals surface area contributed by atoms with E-state index in [4.69, 9.17) is 15.7 Å². The lowest BCUT2D eigenvalue weighted by Gasteiger charge is -2.19. The van der Waals surface area contributed by atoms with Gasteiger partial charge in [0.1, 0.15) is 6.07 Å². The van der Waals surface area contributed by atoms with E-state index in [1.807, 2.05) is 12.1 Å². The van der Waals surface area contributed by atoms with Crippen LogP contribution in [0, 0.1) is 17.2 Å². The fourth-order valence-electron chi connectivity index (χ4n) is 2.29. The number of rotatable bonds is 3. The van der Waals surface area contributed by atoms with Gasteiger partial charge in [0.05, 0.1) is 17.9 Å². The molecule has 2 N–H and O–H groups in total. The summed E-state index contributed by atoms with van der Waals surface area (Å²) in [6.07, 6.45) is 1.15. The van der Waals surface area contributed by atoms with E-state index in [2.05, 4.69) is 11.0 Å². The van der Waals surface area contributed by atoms with Gasteiger partial charge in [0, 0.05) is 31.8 Å². The van der Waals surface area contributed by atoms with Gasteiger partial charge < -0.3 is 15.4 Å². The second kappa shape index (κ2) is 5.07. The van der Waals surface area contributed by atoms with Crippen LogP contribution in [0.3, 0.4) is 0 Å². The van der Waals surface area contributed by atoms with Gasteiger partial charge in [0.15, 0.2) is 0 Å². The van der Waals surface area contributed by atoms with E-state index in [1.54, 1.807) is 13.2 Å². The molecule has 1 unspecified atom stereocenters. The maximum absolute atomic E-state index is 8.83. The predicted molar refractivity (Wildman–Crippen MR) is 67.8 cm³/mol. The molecule has 17 heavy (non-hydrogen) atoms. The number of ether oxygens (including phenoxy) is 1. The molecule has 1 heterocycles. The van der Waals surface area contributed by atoms with Crippen LogP contribution in [0.5, 0.6) is 0 Å². The van der Waals surface area contributed by atoms with E-state index in [1.165, 1.54) is 0 Å². The zero-order valence-electron chi connectivity index (χ0n) is 10.0. The molecule has 4 nitrogen and oxygen atoms in total. The molecule has 4 heteroatoms. The third-order valence-corrected chi connectivity index (χ3v) is 3.21. The number of hydrogen-bond donors (Lipinski definition) is 1. The summed E-state index contributed by atoms with van der Waals surface area (Å²) in [6.45, 7) is 2.83. The van der Waals surface area contributed by atoms with Gasteiger partial charge in [0.25, 0.3) is 0 Å². The Labute approximate surface area is 102 Å². The first-order valence-electron chi connectivity index (χ1n) is 5.78. The summed E-state index contributed by atoms with van der Waals surface area (Å²) in [5.41, 5.74) is 8.01. The van der Waals surface area contributed by atoms with Crippen molar-refractivity contribution in [2.24, 2.45) is 5.92 Å². The predicted octanol–water partition coefficient (Wildman–Crippen LogP) is 1.61. The minimum absolute atomic E-state index is 0.543. The molecule has 1 aliphatic rings. The van der Waals surface area contributed by atoms with Crippen LogP contribution >= 0.6 is 0 Å². The summed E-state index contributed by atoms with van der Waals surface area (Å²) in [6, 6.07) is 7.71. The molecule has 0 aliphatic carbocycles. The molecule has 1 aliphatic heterocycles. The number of nitrogens with two attached hydrogens (primary N) is 1. The van der Waals surface area contributed by atoms with E-state index in [0.717, 1.165) is 31.8 Å². The summed E-state index contributed by atoms with van der Waals surface area (Å²) in [5, 5.41) is 8.83. The number of methoxy groups -OCH3 is 1. The Morgan fingerprint density at radius 3 is 3.06 bits per heavy atom. The molecule has 0 radical (unpaired) electrons. The van der Waals surface area contributed by atoms with Crippen LogP contribution in [0.25, 0.3) is 0 Å². The zero-order chi connectivity index (χ0) is 12.3. The smallest absolute Gasteiger partial charge is 0.101 e. The van der Waals surface area contributed by atoms with Crippen molar-refractivity contribution in [3.05, 3.63) is 23.8 Å². The van der Waals surface area contributed by atoms with Gasteiger partial charge >= 0.3 is 0 Å². The van der Waals surface area contributed by atoms with Crippen LogP contribution in [0.2, 0.25) is 0 Å². The molecule has 1 fully saturated rings. The first kappa shape index (κ1) is 11.7. The summed E-state index contributed by atoms with van der Waals surface area (Å²) in [4.78, 5) is 2.29. The Kier molecular flexibility index (Phi) is 3.50. The first-order valence-corrected chi connectivity index (χ1v) is 5.78. The fraction of sp³-hybridized carbons (Fsp3) is 0.462. The molecule has 1 saturated heterocycles. The number of nitrogen functional groups attached to an aromatic ring is 1. The van der Waals surface area contributed by atoms with Crippen molar-refractivity contribution < 1.29 is 4.74 Å². The lowest BCUT2D eigenvalue weighted by atomic mass is 10.1. The number of hydrogen-bond acceptors (Lipinski definition) is 4. The van der Waals surface area contributed by atoms with Crippen LogP contribution in [0.1, 0.15) is 12.0 Å². The molecule has 0 saturated carbocycles. The molecule has 1 aromatic rings. The highest BCUT2D eigenvalue weighted by atomic mass is 16.5. The third-order valence-electron chi connectivity index (χ3n) is 3.21. The summed E-state index contributed by atoms with van der Waals surface area (Å²) >= 11 is 0. The second-order valence-electron chi connectivity index (χ2n) is 4.44. The number of nitriles is 1. The molecule has 0 amide bonds.